The smallest absolute Gasteiger partial charge is 0.223 e. The van der Waals surface area contributed by atoms with E-state index in [4.69, 9.17) is 21.3 Å². The van der Waals surface area contributed by atoms with E-state index >= 15 is 0 Å². The van der Waals surface area contributed by atoms with Gasteiger partial charge in [0.1, 0.15) is 24.7 Å². The minimum Gasteiger partial charge on any atom is -0.394 e. The summed E-state index contributed by atoms with van der Waals surface area (Å²) in [6, 6.07) is 0. The Kier molecular flexibility index (Phi) is 3.73. The van der Waals surface area contributed by atoms with E-state index in [0.29, 0.717) is 18.0 Å². The Morgan fingerprint density at radius 2 is 2.24 bits per heavy atom. The van der Waals surface area contributed by atoms with Gasteiger partial charge in [-0.25, -0.2) is 10.3 Å². The second kappa shape index (κ2) is 5.06. The summed E-state index contributed by atoms with van der Waals surface area (Å²) in [5.74, 6) is -1.31. The first-order valence-electron chi connectivity index (χ1n) is 6.38. The first kappa shape index (κ1) is 15.5. The number of aliphatic imine (C=N–C) groups is 2. The molecule has 0 aromatic heterocycles. The van der Waals surface area contributed by atoms with Gasteiger partial charge in [-0.15, -0.1) is 0 Å². The van der Waals surface area contributed by atoms with Crippen LogP contribution in [0.15, 0.2) is 9.98 Å². The van der Waals surface area contributed by atoms with Crippen molar-refractivity contribution in [1.82, 2.24) is 10.2 Å². The maximum absolute atomic E-state index is 10.3. The molecule has 3 aliphatic rings. The van der Waals surface area contributed by atoms with Crippen LogP contribution < -0.4 is 16.8 Å². The Labute approximate surface area is 134 Å². The first-order chi connectivity index (χ1) is 9.73. The third kappa shape index (κ3) is 2.68. The molecule has 1 saturated heterocycles. The van der Waals surface area contributed by atoms with Crippen molar-refractivity contribution >= 4 is 34.1 Å². The van der Waals surface area contributed by atoms with E-state index in [1.165, 1.54) is 0 Å². The van der Waals surface area contributed by atoms with E-state index in [1.54, 1.807) is 27.5 Å². The van der Waals surface area contributed by atoms with Crippen LogP contribution in [-0.4, -0.2) is 73.1 Å². The van der Waals surface area contributed by atoms with Crippen LogP contribution in [0.5, 0.6) is 0 Å². The van der Waals surface area contributed by atoms with Gasteiger partial charge >= 0.3 is 0 Å². The summed E-state index contributed by atoms with van der Waals surface area (Å²) in [5.41, 5.74) is 11.8. The quantitative estimate of drug-likeness (QED) is 0.120. The second-order valence-corrected chi connectivity index (χ2v) is 6.80. The number of ether oxygens (including phenoxy) is 1. The van der Waals surface area contributed by atoms with Gasteiger partial charge in [0, 0.05) is 6.42 Å². The van der Waals surface area contributed by atoms with Crippen molar-refractivity contribution in [3.05, 3.63) is 0 Å². The summed E-state index contributed by atoms with van der Waals surface area (Å²) in [4.78, 5) is 10.0. The topological polar surface area (TPSA) is 162 Å². The molecule has 21 heavy (non-hydrogen) atoms. The van der Waals surface area contributed by atoms with Crippen LogP contribution in [0.2, 0.25) is 0 Å². The van der Waals surface area contributed by atoms with Crippen LogP contribution in [0.25, 0.3) is 0 Å². The number of nitrogens with zero attached hydrogens (tertiary/aromatic N) is 3. The Hall–Kier alpha value is -0.410. The van der Waals surface area contributed by atoms with Gasteiger partial charge in [-0.1, -0.05) is 0 Å². The fourth-order valence-electron chi connectivity index (χ4n) is 2.62. The maximum atomic E-state index is 10.3. The minimum atomic E-state index is -1.64. The zero-order valence-electron chi connectivity index (χ0n) is 11.0. The standard InChI is InChI=1S/C10H17IN6O4/c11-9(20)7-8(15-10(12,13)16-9)17(3-14-7)6-1-4(19)5(2-18)21-6/h4-6,16,18-20H,1-3,12-13H2/t4-,5+,6+,9?/m0/s1. The largest absolute Gasteiger partial charge is 0.394 e. The maximum Gasteiger partial charge on any atom is 0.223 e. The molecule has 10 nitrogen and oxygen atoms in total. The van der Waals surface area contributed by atoms with E-state index in [0.717, 1.165) is 0 Å². The van der Waals surface area contributed by atoms with Crippen molar-refractivity contribution in [2.24, 2.45) is 21.5 Å². The van der Waals surface area contributed by atoms with Gasteiger partial charge in [-0.2, -0.15) is 0 Å². The Morgan fingerprint density at radius 3 is 2.86 bits per heavy atom. The highest BCUT2D eigenvalue weighted by Gasteiger charge is 2.50. The molecule has 0 bridgehead atoms. The van der Waals surface area contributed by atoms with Crippen molar-refractivity contribution in [3.63, 3.8) is 0 Å². The molecule has 3 rings (SSSR count). The third-order valence-corrected chi connectivity index (χ3v) is 4.35. The second-order valence-electron chi connectivity index (χ2n) is 5.24. The zero-order valence-corrected chi connectivity index (χ0v) is 13.1. The van der Waals surface area contributed by atoms with Crippen molar-refractivity contribution < 1.29 is 20.1 Å². The minimum absolute atomic E-state index is 0.201. The fraction of sp³-hybridized carbons (Fsp3) is 0.800. The predicted molar refractivity (Wildman–Crippen MR) is 81.2 cm³/mol. The van der Waals surface area contributed by atoms with E-state index in [9.17, 15) is 10.2 Å². The van der Waals surface area contributed by atoms with E-state index < -0.39 is 28.1 Å². The lowest BCUT2D eigenvalue weighted by atomic mass is 10.1. The van der Waals surface area contributed by atoms with Gasteiger partial charge in [0.25, 0.3) is 0 Å². The van der Waals surface area contributed by atoms with Crippen molar-refractivity contribution in [3.8, 4) is 0 Å². The Morgan fingerprint density at radius 1 is 1.52 bits per heavy atom. The molecule has 3 heterocycles. The number of nitrogens with one attached hydrogen (secondary N) is 1. The van der Waals surface area contributed by atoms with Crippen LogP contribution in [0.1, 0.15) is 6.42 Å². The van der Waals surface area contributed by atoms with Gasteiger partial charge in [0.2, 0.25) is 9.64 Å². The molecule has 0 aromatic rings. The number of hydrogen-bond donors (Lipinski definition) is 6. The Balaban J connectivity index is 1.87. The van der Waals surface area contributed by atoms with E-state index in [-0.39, 0.29) is 13.3 Å². The molecule has 11 heteroatoms. The number of nitrogens with two attached hydrogens (primary N) is 2. The highest BCUT2D eigenvalue weighted by molar-refractivity contribution is 14.1. The van der Waals surface area contributed by atoms with Crippen molar-refractivity contribution in [2.75, 3.05) is 13.3 Å². The Bertz CT molecular complexity index is 510. The monoisotopic (exact) mass is 412 g/mol. The molecule has 0 aromatic carbocycles. The highest BCUT2D eigenvalue weighted by Crippen LogP contribution is 2.31. The number of aliphatic hydroxyl groups excluding tert-OH is 2. The summed E-state index contributed by atoms with van der Waals surface area (Å²) < 4.78 is 4.04. The average Bonchev–Trinajstić information content (AvgIpc) is 2.90. The molecular weight excluding hydrogens is 395 g/mol. The SMILES string of the molecule is NC1(N)N=C2C(=NCN2[C@H]2C[C@H](O)[C@@H](CO)O2)C(O)(I)N1. The molecular formula is C10H17IN6O4. The molecule has 4 atom stereocenters. The van der Waals surface area contributed by atoms with Crippen molar-refractivity contribution in [2.45, 2.75) is 34.5 Å². The summed E-state index contributed by atoms with van der Waals surface area (Å²) in [5, 5.41) is 31.9. The van der Waals surface area contributed by atoms with Gasteiger partial charge in [-0.3, -0.25) is 16.5 Å². The lowest BCUT2D eigenvalue weighted by Gasteiger charge is -2.38. The normalized spacial score (nSPS) is 41.8. The molecule has 0 amide bonds. The van der Waals surface area contributed by atoms with Crippen molar-refractivity contribution in [1.29, 1.82) is 0 Å². The zero-order chi connectivity index (χ0) is 15.4. The third-order valence-electron chi connectivity index (χ3n) is 3.57. The summed E-state index contributed by atoms with van der Waals surface area (Å²) in [6.45, 7) is -0.0754. The molecule has 0 radical (unpaired) electrons. The predicted octanol–water partition coefficient (Wildman–Crippen LogP) is -3.22. The first-order valence-corrected chi connectivity index (χ1v) is 7.46. The lowest BCUT2D eigenvalue weighted by molar-refractivity contribution is -0.0563. The van der Waals surface area contributed by atoms with Crippen LogP contribution in [0.3, 0.4) is 0 Å². The van der Waals surface area contributed by atoms with Gasteiger partial charge in [-0.05, 0) is 22.6 Å². The van der Waals surface area contributed by atoms with Crippen LogP contribution >= 0.6 is 22.6 Å². The number of rotatable bonds is 2. The van der Waals surface area contributed by atoms with Crippen LogP contribution in [-0.2, 0) is 4.74 Å². The number of hydrogen-bond acceptors (Lipinski definition) is 10. The summed E-state index contributed by atoms with van der Waals surface area (Å²) in [6.07, 6.45) is -1.65. The summed E-state index contributed by atoms with van der Waals surface area (Å²) >= 11 is 1.74. The molecule has 0 spiro atoms. The van der Waals surface area contributed by atoms with Crippen LogP contribution in [0.4, 0.5) is 0 Å². The number of fused-ring (bicyclic) bond motifs is 1. The fourth-order valence-corrected chi connectivity index (χ4v) is 3.46. The van der Waals surface area contributed by atoms with Gasteiger partial charge in [0.15, 0.2) is 5.84 Å². The molecule has 0 aliphatic carbocycles. The average molecular weight is 412 g/mol. The van der Waals surface area contributed by atoms with E-state index in [2.05, 4.69) is 15.3 Å². The highest BCUT2D eigenvalue weighted by atomic mass is 127. The van der Waals surface area contributed by atoms with Gasteiger partial charge < -0.3 is 25.0 Å². The van der Waals surface area contributed by atoms with E-state index in [1.807, 2.05) is 0 Å². The lowest BCUT2D eigenvalue weighted by Crippen LogP contribution is -2.72. The van der Waals surface area contributed by atoms with Crippen LogP contribution in [0, 0.1) is 0 Å². The number of amidine groups is 1. The van der Waals surface area contributed by atoms with Gasteiger partial charge in [0.05, 0.1) is 12.7 Å². The molecule has 1 unspecified atom stereocenters. The molecule has 3 aliphatic heterocycles. The molecule has 118 valence electrons. The number of aliphatic hydroxyl groups is 3. The molecule has 0 saturated carbocycles. The molecule has 8 N–H and O–H groups in total. The summed E-state index contributed by atoms with van der Waals surface area (Å²) in [7, 11) is 0. The number of halogens is 1. The molecule has 1 fully saturated rings. The number of alkyl halides is 1.